The lowest BCUT2D eigenvalue weighted by Crippen LogP contribution is -2.16. The molecular formula is C25H20ClNO. The summed E-state index contributed by atoms with van der Waals surface area (Å²) in [5.74, 6) is 0. The third-order valence-electron chi connectivity index (χ3n) is 5.01. The van der Waals surface area contributed by atoms with E-state index < -0.39 is 0 Å². The number of hydrogen-bond donors (Lipinski definition) is 0. The van der Waals surface area contributed by atoms with Crippen molar-refractivity contribution >= 4 is 11.6 Å². The summed E-state index contributed by atoms with van der Waals surface area (Å²) in [4.78, 5) is 12.9. The minimum atomic E-state index is -0.00129. The molecular weight excluding hydrogens is 366 g/mol. The Morgan fingerprint density at radius 1 is 0.786 bits per heavy atom. The first-order valence-electron chi connectivity index (χ1n) is 9.21. The van der Waals surface area contributed by atoms with Gasteiger partial charge in [0.25, 0.3) is 0 Å². The Balaban J connectivity index is 2.20. The molecule has 1 heterocycles. The molecule has 4 rings (SSSR count). The van der Waals surface area contributed by atoms with Crippen LogP contribution >= 0.6 is 11.6 Å². The molecule has 0 fully saturated rings. The molecule has 0 bridgehead atoms. The lowest BCUT2D eigenvalue weighted by atomic mass is 10.0. The van der Waals surface area contributed by atoms with Crippen LogP contribution in [0.25, 0.3) is 28.2 Å². The van der Waals surface area contributed by atoms with Crippen molar-refractivity contribution in [1.29, 1.82) is 0 Å². The van der Waals surface area contributed by atoms with Gasteiger partial charge in [-0.2, -0.15) is 0 Å². The van der Waals surface area contributed by atoms with Gasteiger partial charge < -0.3 is 4.57 Å². The Morgan fingerprint density at radius 3 is 2.14 bits per heavy atom. The molecule has 3 heteroatoms. The maximum absolute atomic E-state index is 12.9. The summed E-state index contributed by atoms with van der Waals surface area (Å²) in [6.45, 7) is 3.94. The molecule has 0 radical (unpaired) electrons. The molecule has 1 aromatic heterocycles. The van der Waals surface area contributed by atoms with Crippen molar-refractivity contribution in [2.24, 2.45) is 0 Å². The van der Waals surface area contributed by atoms with Crippen LogP contribution in [0.1, 0.15) is 11.1 Å². The third-order valence-corrected chi connectivity index (χ3v) is 5.34. The summed E-state index contributed by atoms with van der Waals surface area (Å²) in [7, 11) is 0. The highest BCUT2D eigenvalue weighted by molar-refractivity contribution is 6.33. The SMILES string of the molecule is Cc1ccccc1-n1c(-c2ccccc2)cc(=O)c(C)c1-c1ccccc1Cl. The van der Waals surface area contributed by atoms with E-state index in [0.717, 1.165) is 33.8 Å². The molecule has 0 aliphatic carbocycles. The third kappa shape index (κ3) is 3.17. The molecule has 0 amide bonds. The Kier molecular flexibility index (Phi) is 4.89. The van der Waals surface area contributed by atoms with Crippen LogP contribution in [0.3, 0.4) is 0 Å². The van der Waals surface area contributed by atoms with Crippen molar-refractivity contribution in [1.82, 2.24) is 4.57 Å². The van der Waals surface area contributed by atoms with Crippen molar-refractivity contribution in [2.45, 2.75) is 13.8 Å². The second-order valence-corrected chi connectivity index (χ2v) is 7.24. The number of pyridine rings is 1. The van der Waals surface area contributed by atoms with Gasteiger partial charge in [-0.05, 0) is 37.1 Å². The van der Waals surface area contributed by atoms with Crippen molar-refractivity contribution in [3.05, 3.63) is 111 Å². The lowest BCUT2D eigenvalue weighted by molar-refractivity contribution is 1.02. The van der Waals surface area contributed by atoms with Crippen LogP contribution in [0.5, 0.6) is 0 Å². The van der Waals surface area contributed by atoms with E-state index in [2.05, 4.69) is 23.6 Å². The summed E-state index contributed by atoms with van der Waals surface area (Å²) in [6, 6.07) is 27.6. The van der Waals surface area contributed by atoms with Gasteiger partial charge >= 0.3 is 0 Å². The monoisotopic (exact) mass is 385 g/mol. The standard InChI is InChI=1S/C25H20ClNO/c1-17-10-6-9-15-22(17)27-23(19-11-4-3-5-12-19)16-24(28)18(2)25(27)20-13-7-8-14-21(20)26/h3-16H,1-2H3. The number of nitrogens with zero attached hydrogens (tertiary/aromatic N) is 1. The predicted molar refractivity (Wildman–Crippen MR) is 117 cm³/mol. The largest absolute Gasteiger partial charge is 0.308 e. The summed E-state index contributed by atoms with van der Waals surface area (Å²) >= 11 is 6.57. The first kappa shape index (κ1) is 18.3. The number of rotatable bonds is 3. The quantitative estimate of drug-likeness (QED) is 0.397. The molecule has 0 atom stereocenters. The van der Waals surface area contributed by atoms with Crippen molar-refractivity contribution in [3.8, 4) is 28.2 Å². The van der Waals surface area contributed by atoms with Gasteiger partial charge in [-0.25, -0.2) is 0 Å². The van der Waals surface area contributed by atoms with Crippen LogP contribution in [0.4, 0.5) is 0 Å². The zero-order valence-corrected chi connectivity index (χ0v) is 16.6. The molecule has 0 aliphatic rings. The fourth-order valence-electron chi connectivity index (χ4n) is 3.56. The molecule has 0 saturated carbocycles. The van der Waals surface area contributed by atoms with Gasteiger partial charge in [-0.15, -0.1) is 0 Å². The Hall–Kier alpha value is -3.10. The van der Waals surface area contributed by atoms with Crippen LogP contribution in [0, 0.1) is 13.8 Å². The van der Waals surface area contributed by atoms with Crippen LogP contribution in [-0.2, 0) is 0 Å². The Labute approximate surface area is 169 Å². The minimum absolute atomic E-state index is 0.00129. The second kappa shape index (κ2) is 7.49. The Morgan fingerprint density at radius 2 is 1.43 bits per heavy atom. The van der Waals surface area contributed by atoms with E-state index in [4.69, 9.17) is 11.6 Å². The van der Waals surface area contributed by atoms with E-state index in [-0.39, 0.29) is 5.43 Å². The molecule has 4 aromatic rings. The fraction of sp³-hybridized carbons (Fsp3) is 0.0800. The minimum Gasteiger partial charge on any atom is -0.308 e. The Bertz CT molecular complexity index is 1210. The number of para-hydroxylation sites is 1. The summed E-state index contributed by atoms with van der Waals surface area (Å²) in [5, 5.41) is 0.623. The smallest absolute Gasteiger partial charge is 0.185 e. The van der Waals surface area contributed by atoms with E-state index in [9.17, 15) is 4.79 Å². The first-order valence-corrected chi connectivity index (χ1v) is 9.58. The number of hydrogen-bond acceptors (Lipinski definition) is 1. The van der Waals surface area contributed by atoms with Crippen LogP contribution in [0.2, 0.25) is 5.02 Å². The van der Waals surface area contributed by atoms with Gasteiger partial charge in [0.05, 0.1) is 11.4 Å². The van der Waals surface area contributed by atoms with E-state index in [1.165, 1.54) is 0 Å². The number of aryl methyl sites for hydroxylation is 1. The highest BCUT2D eigenvalue weighted by Gasteiger charge is 2.19. The van der Waals surface area contributed by atoms with Gasteiger partial charge in [0, 0.05) is 27.9 Å². The van der Waals surface area contributed by atoms with Crippen molar-refractivity contribution in [3.63, 3.8) is 0 Å². The first-order chi connectivity index (χ1) is 13.6. The maximum atomic E-state index is 12.9. The molecule has 28 heavy (non-hydrogen) atoms. The normalized spacial score (nSPS) is 10.8. The van der Waals surface area contributed by atoms with E-state index in [0.29, 0.717) is 10.6 Å². The maximum Gasteiger partial charge on any atom is 0.185 e. The topological polar surface area (TPSA) is 22.0 Å². The predicted octanol–water partition coefficient (Wildman–Crippen LogP) is 6.44. The number of halogens is 1. The number of aromatic nitrogens is 1. The molecule has 0 aliphatic heterocycles. The fourth-order valence-corrected chi connectivity index (χ4v) is 3.79. The van der Waals surface area contributed by atoms with Crippen molar-refractivity contribution in [2.75, 3.05) is 0 Å². The van der Waals surface area contributed by atoms with Crippen LogP contribution < -0.4 is 5.43 Å². The zero-order valence-electron chi connectivity index (χ0n) is 15.8. The van der Waals surface area contributed by atoms with Gasteiger partial charge in [0.2, 0.25) is 0 Å². The molecule has 0 saturated heterocycles. The van der Waals surface area contributed by atoms with Crippen LogP contribution in [0.15, 0.2) is 89.7 Å². The molecule has 0 N–H and O–H groups in total. The second-order valence-electron chi connectivity index (χ2n) is 6.84. The number of benzene rings is 3. The molecule has 0 spiro atoms. The summed E-state index contributed by atoms with van der Waals surface area (Å²) in [5.41, 5.74) is 6.33. The molecule has 0 unspecified atom stereocenters. The molecule has 3 aromatic carbocycles. The highest BCUT2D eigenvalue weighted by Crippen LogP contribution is 2.35. The molecule has 2 nitrogen and oxygen atoms in total. The van der Waals surface area contributed by atoms with Gasteiger partial charge in [-0.3, -0.25) is 4.79 Å². The summed E-state index contributed by atoms with van der Waals surface area (Å²) in [6.07, 6.45) is 0. The van der Waals surface area contributed by atoms with E-state index in [1.54, 1.807) is 6.07 Å². The van der Waals surface area contributed by atoms with Gasteiger partial charge in [-0.1, -0.05) is 78.3 Å². The van der Waals surface area contributed by atoms with Crippen LogP contribution in [-0.4, -0.2) is 4.57 Å². The highest BCUT2D eigenvalue weighted by atomic mass is 35.5. The average Bonchev–Trinajstić information content (AvgIpc) is 2.72. The zero-order chi connectivity index (χ0) is 19.7. The van der Waals surface area contributed by atoms with E-state index in [1.807, 2.05) is 73.7 Å². The van der Waals surface area contributed by atoms with E-state index >= 15 is 0 Å². The molecule has 138 valence electrons. The van der Waals surface area contributed by atoms with Gasteiger partial charge in [0.1, 0.15) is 0 Å². The average molecular weight is 386 g/mol. The van der Waals surface area contributed by atoms with Gasteiger partial charge in [0.15, 0.2) is 5.43 Å². The summed E-state index contributed by atoms with van der Waals surface area (Å²) < 4.78 is 2.16. The lowest BCUT2D eigenvalue weighted by Gasteiger charge is -2.23. The van der Waals surface area contributed by atoms with Crippen molar-refractivity contribution < 1.29 is 0 Å².